The summed E-state index contributed by atoms with van der Waals surface area (Å²) in [6, 6.07) is 12.3. The number of nitrogens with zero attached hydrogens (tertiary/aromatic N) is 3. The number of amides is 1. The van der Waals surface area contributed by atoms with E-state index < -0.39 is 11.2 Å². The van der Waals surface area contributed by atoms with Crippen molar-refractivity contribution >= 4 is 29.1 Å². The zero-order chi connectivity index (χ0) is 23.4. The Bertz CT molecular complexity index is 1100. The molecule has 0 saturated heterocycles. The molecule has 1 aliphatic carbocycles. The molecular weight excluding hydrogens is 445 g/mol. The summed E-state index contributed by atoms with van der Waals surface area (Å²) >= 11 is 5.88. The topological polar surface area (TPSA) is 83.1 Å². The van der Waals surface area contributed by atoms with Gasteiger partial charge in [0.15, 0.2) is 17.4 Å². The molecule has 33 heavy (non-hydrogen) atoms. The molecule has 0 atom stereocenters. The van der Waals surface area contributed by atoms with Crippen LogP contribution < -0.4 is 10.1 Å². The highest BCUT2D eigenvalue weighted by molar-refractivity contribution is 6.30. The number of carbonyl (C=O) groups is 1. The number of rotatable bonds is 7. The lowest BCUT2D eigenvalue weighted by atomic mass is 9.69. The second-order valence-electron chi connectivity index (χ2n) is 8.62. The third-order valence-corrected chi connectivity index (χ3v) is 6.33. The Kier molecular flexibility index (Phi) is 6.83. The molecule has 1 amide bonds. The molecular formula is C24H27ClFN5O2. The number of benzene rings is 1. The maximum absolute atomic E-state index is 14.3. The highest BCUT2D eigenvalue weighted by Crippen LogP contribution is 2.42. The first-order chi connectivity index (χ1) is 15.9. The third-order valence-electron chi connectivity index (χ3n) is 6.04. The van der Waals surface area contributed by atoms with Gasteiger partial charge in [-0.2, -0.15) is 5.10 Å². The zero-order valence-corrected chi connectivity index (χ0v) is 19.4. The summed E-state index contributed by atoms with van der Waals surface area (Å²) in [7, 11) is 3.55. The van der Waals surface area contributed by atoms with Crippen molar-refractivity contribution in [3.63, 3.8) is 0 Å². The van der Waals surface area contributed by atoms with Gasteiger partial charge in [0.2, 0.25) is 5.91 Å². The van der Waals surface area contributed by atoms with E-state index in [1.54, 1.807) is 37.3 Å². The molecule has 0 bridgehead atoms. The number of anilines is 2. The van der Waals surface area contributed by atoms with E-state index in [9.17, 15) is 9.18 Å². The van der Waals surface area contributed by atoms with Crippen LogP contribution in [0.4, 0.5) is 16.0 Å². The van der Waals surface area contributed by atoms with Crippen LogP contribution in [0.15, 0.2) is 48.7 Å². The molecule has 0 aliphatic heterocycles. The van der Waals surface area contributed by atoms with E-state index in [-0.39, 0.29) is 22.8 Å². The van der Waals surface area contributed by atoms with Crippen molar-refractivity contribution < 1.29 is 13.9 Å². The summed E-state index contributed by atoms with van der Waals surface area (Å²) in [6.45, 7) is 0. The zero-order valence-electron chi connectivity index (χ0n) is 18.6. The fraction of sp³-hybridized carbons (Fsp3) is 0.375. The first-order valence-corrected chi connectivity index (χ1v) is 11.3. The van der Waals surface area contributed by atoms with Crippen LogP contribution in [0.2, 0.25) is 5.02 Å². The minimum atomic E-state index is -0.589. The summed E-state index contributed by atoms with van der Waals surface area (Å²) < 4.78 is 20.2. The van der Waals surface area contributed by atoms with Crippen LogP contribution in [-0.2, 0) is 11.2 Å². The van der Waals surface area contributed by atoms with E-state index in [0.29, 0.717) is 43.7 Å². The molecule has 174 valence electrons. The van der Waals surface area contributed by atoms with E-state index in [0.717, 1.165) is 5.69 Å². The fourth-order valence-corrected chi connectivity index (χ4v) is 4.58. The molecule has 1 saturated carbocycles. The number of H-pyrrole nitrogens is 1. The van der Waals surface area contributed by atoms with Crippen molar-refractivity contribution in [2.24, 2.45) is 5.41 Å². The van der Waals surface area contributed by atoms with E-state index >= 15 is 0 Å². The molecule has 9 heteroatoms. The molecule has 3 aromatic rings. The standard InChI is InChI=1S/C24H27ClFN5O2/c1-31(2)23(32)24(15-16-5-3-8-20(28-16)29-21-11-14-27-30-21)12-9-17(10-13-24)33-19-7-4-6-18(25)22(19)26/h3-8,11,14,17H,9-10,12-13,15H2,1-2H3,(H2,27,28,29,30)/t17-,24-. The number of carbonyl (C=O) groups excluding carboxylic acids is 1. The highest BCUT2D eigenvalue weighted by Gasteiger charge is 2.43. The van der Waals surface area contributed by atoms with Gasteiger partial charge in [0.05, 0.1) is 16.5 Å². The Labute approximate surface area is 197 Å². The third kappa shape index (κ3) is 5.27. The number of hydrogen-bond donors (Lipinski definition) is 2. The van der Waals surface area contributed by atoms with Gasteiger partial charge in [0.25, 0.3) is 0 Å². The molecule has 2 N–H and O–H groups in total. The molecule has 2 aromatic heterocycles. The van der Waals surface area contributed by atoms with E-state index in [4.69, 9.17) is 21.3 Å². The predicted molar refractivity (Wildman–Crippen MR) is 125 cm³/mol. The molecule has 0 radical (unpaired) electrons. The average Bonchev–Trinajstić information content (AvgIpc) is 3.31. The molecule has 7 nitrogen and oxygen atoms in total. The Hall–Kier alpha value is -3.13. The van der Waals surface area contributed by atoms with Gasteiger partial charge in [-0.15, -0.1) is 0 Å². The molecule has 0 unspecified atom stereocenters. The van der Waals surface area contributed by atoms with Gasteiger partial charge in [-0.3, -0.25) is 9.89 Å². The number of nitrogens with one attached hydrogen (secondary N) is 2. The van der Waals surface area contributed by atoms with Crippen LogP contribution in [0.25, 0.3) is 0 Å². The Morgan fingerprint density at radius 2 is 1.97 bits per heavy atom. The van der Waals surface area contributed by atoms with Gasteiger partial charge in [-0.05, 0) is 49.9 Å². The Morgan fingerprint density at radius 1 is 1.21 bits per heavy atom. The smallest absolute Gasteiger partial charge is 0.228 e. The maximum Gasteiger partial charge on any atom is 0.228 e. The number of aromatic amines is 1. The lowest BCUT2D eigenvalue weighted by molar-refractivity contribution is -0.142. The lowest BCUT2D eigenvalue weighted by Gasteiger charge is -2.40. The van der Waals surface area contributed by atoms with Gasteiger partial charge in [0.1, 0.15) is 5.82 Å². The fourth-order valence-electron chi connectivity index (χ4n) is 4.41. The van der Waals surface area contributed by atoms with E-state index in [2.05, 4.69) is 15.5 Å². The highest BCUT2D eigenvalue weighted by atomic mass is 35.5. The lowest BCUT2D eigenvalue weighted by Crippen LogP contribution is -2.46. The van der Waals surface area contributed by atoms with Crippen molar-refractivity contribution in [3.05, 3.63) is 65.2 Å². The maximum atomic E-state index is 14.3. The van der Waals surface area contributed by atoms with Crippen molar-refractivity contribution in [1.29, 1.82) is 0 Å². The van der Waals surface area contributed by atoms with Gasteiger partial charge in [0, 0.05) is 38.5 Å². The first kappa shape index (κ1) is 23.0. The van der Waals surface area contributed by atoms with E-state index in [1.165, 1.54) is 6.07 Å². The van der Waals surface area contributed by atoms with E-state index in [1.807, 2.05) is 24.3 Å². The van der Waals surface area contributed by atoms with Gasteiger partial charge >= 0.3 is 0 Å². The van der Waals surface area contributed by atoms with Crippen LogP contribution in [0.3, 0.4) is 0 Å². The van der Waals surface area contributed by atoms with Crippen LogP contribution in [-0.4, -0.2) is 46.2 Å². The second kappa shape index (κ2) is 9.79. The molecule has 4 rings (SSSR count). The monoisotopic (exact) mass is 471 g/mol. The van der Waals surface area contributed by atoms with Crippen molar-refractivity contribution in [3.8, 4) is 5.75 Å². The minimum Gasteiger partial charge on any atom is -0.487 e. The number of pyridine rings is 1. The van der Waals surface area contributed by atoms with Gasteiger partial charge < -0.3 is 15.0 Å². The number of ether oxygens (including phenoxy) is 1. The second-order valence-corrected chi connectivity index (χ2v) is 9.03. The number of halogens is 2. The van der Waals surface area contributed by atoms with Crippen LogP contribution >= 0.6 is 11.6 Å². The van der Waals surface area contributed by atoms with Gasteiger partial charge in [-0.1, -0.05) is 23.7 Å². The first-order valence-electron chi connectivity index (χ1n) is 10.9. The largest absolute Gasteiger partial charge is 0.487 e. The van der Waals surface area contributed by atoms with Crippen LogP contribution in [0.1, 0.15) is 31.4 Å². The van der Waals surface area contributed by atoms with Crippen molar-refractivity contribution in [2.45, 2.75) is 38.2 Å². The molecule has 1 aliphatic rings. The normalized spacial score (nSPS) is 20.3. The molecule has 0 spiro atoms. The summed E-state index contributed by atoms with van der Waals surface area (Å²) in [6.07, 6.45) is 4.57. The molecule has 2 heterocycles. The van der Waals surface area contributed by atoms with Crippen molar-refractivity contribution in [1.82, 2.24) is 20.1 Å². The summed E-state index contributed by atoms with van der Waals surface area (Å²) in [4.78, 5) is 19.6. The Balaban J connectivity index is 1.49. The SMILES string of the molecule is CN(C)C(=O)[C@]1(Cc2cccc(Nc3cc[nH]n3)n2)CC[C@@H](Oc2cccc(Cl)c2F)CC1. The quantitative estimate of drug-likeness (QED) is 0.507. The van der Waals surface area contributed by atoms with Crippen LogP contribution in [0.5, 0.6) is 5.75 Å². The molecule has 1 fully saturated rings. The van der Waals surface area contributed by atoms with Crippen molar-refractivity contribution in [2.75, 3.05) is 19.4 Å². The minimum absolute atomic E-state index is 0.0369. The summed E-state index contributed by atoms with van der Waals surface area (Å²) in [5, 5.41) is 10.0. The van der Waals surface area contributed by atoms with Crippen LogP contribution in [0, 0.1) is 11.2 Å². The number of aromatic nitrogens is 3. The van der Waals surface area contributed by atoms with Gasteiger partial charge in [-0.25, -0.2) is 9.37 Å². The summed E-state index contributed by atoms with van der Waals surface area (Å²) in [5.41, 5.74) is 0.236. The number of hydrogen-bond acceptors (Lipinski definition) is 5. The summed E-state index contributed by atoms with van der Waals surface area (Å²) in [5.74, 6) is 1.01. The average molecular weight is 472 g/mol. The Morgan fingerprint density at radius 3 is 2.67 bits per heavy atom. The predicted octanol–water partition coefficient (Wildman–Crippen LogP) is 4.98. The molecule has 1 aromatic carbocycles.